The van der Waals surface area contributed by atoms with Crippen molar-refractivity contribution in [3.05, 3.63) is 41.4 Å². The van der Waals surface area contributed by atoms with Gasteiger partial charge in [0.1, 0.15) is 18.3 Å². The van der Waals surface area contributed by atoms with Gasteiger partial charge in [0, 0.05) is 18.1 Å². The lowest BCUT2D eigenvalue weighted by atomic mass is 10.1. The molecule has 0 radical (unpaired) electrons. The highest BCUT2D eigenvalue weighted by molar-refractivity contribution is 7.89. The maximum atomic E-state index is 13.4. The highest BCUT2D eigenvalue weighted by Gasteiger charge is 2.41. The first kappa shape index (κ1) is 28.1. The average Bonchev–Trinajstić information content (AvgIpc) is 2.86. The molecule has 0 N–H and O–H groups in total. The van der Waals surface area contributed by atoms with Crippen LogP contribution in [0, 0.1) is 11.3 Å². The molecular weight excluding hydrogens is 530 g/mol. The SMILES string of the molecule is CC(C)(C)OC(=O)N1CCCCC1N(CC#N)N1CCN(S(=O)(=O)c2ccc3cc(Cl)ccc3c2)CC1=O. The quantitative estimate of drug-likeness (QED) is 0.510. The van der Waals surface area contributed by atoms with Crippen molar-refractivity contribution in [1.29, 1.82) is 5.26 Å². The van der Waals surface area contributed by atoms with Gasteiger partial charge in [-0.3, -0.25) is 14.7 Å². The van der Waals surface area contributed by atoms with E-state index in [-0.39, 0.29) is 31.1 Å². The Labute approximate surface area is 228 Å². The number of halogens is 1. The first-order chi connectivity index (χ1) is 17.9. The summed E-state index contributed by atoms with van der Waals surface area (Å²) in [5, 5.41) is 14.6. The molecule has 4 rings (SSSR count). The number of hydrazine groups is 1. The topological polar surface area (TPSA) is 114 Å². The second kappa shape index (κ2) is 11.1. The van der Waals surface area contributed by atoms with E-state index in [1.165, 1.54) is 11.1 Å². The molecular formula is C26H32ClN5O5S. The van der Waals surface area contributed by atoms with E-state index in [1.807, 2.05) is 0 Å². The Balaban J connectivity index is 1.53. The lowest BCUT2D eigenvalue weighted by Crippen LogP contribution is -2.65. The molecule has 204 valence electrons. The number of piperazine rings is 1. The van der Waals surface area contributed by atoms with Crippen LogP contribution in [-0.2, 0) is 19.6 Å². The summed E-state index contributed by atoms with van der Waals surface area (Å²) >= 11 is 6.04. The lowest BCUT2D eigenvalue weighted by molar-refractivity contribution is -0.168. The standard InChI is InChI=1S/C26H32ClN5O5S/c1-26(2,3)37-25(34)30-12-5-4-6-23(30)31(13-11-28)32-15-14-29(18-24(32)33)38(35,36)22-10-8-19-16-21(27)9-7-20(19)17-22/h7-10,16-17,23H,4-6,12-15,18H2,1-3H3. The van der Waals surface area contributed by atoms with E-state index in [2.05, 4.69) is 6.07 Å². The summed E-state index contributed by atoms with van der Waals surface area (Å²) in [5.74, 6) is -0.461. The van der Waals surface area contributed by atoms with Crippen LogP contribution in [0.15, 0.2) is 41.3 Å². The van der Waals surface area contributed by atoms with Gasteiger partial charge in [-0.2, -0.15) is 14.6 Å². The number of benzene rings is 2. The second-order valence-electron chi connectivity index (χ2n) is 10.4. The number of hydrogen-bond donors (Lipinski definition) is 0. The number of ether oxygens (including phenoxy) is 1. The third kappa shape index (κ3) is 6.04. The number of carbonyl (C=O) groups is 2. The third-order valence-corrected chi connectivity index (χ3v) is 8.63. The Bertz CT molecular complexity index is 1370. The predicted octanol–water partition coefficient (Wildman–Crippen LogP) is 3.81. The molecule has 0 bridgehead atoms. The number of piperidine rings is 1. The molecule has 2 aromatic carbocycles. The number of hydrogen-bond acceptors (Lipinski definition) is 7. The summed E-state index contributed by atoms with van der Waals surface area (Å²) < 4.78 is 33.6. The number of nitriles is 1. The first-order valence-electron chi connectivity index (χ1n) is 12.5. The molecule has 2 aliphatic rings. The van der Waals surface area contributed by atoms with Gasteiger partial charge in [0.2, 0.25) is 10.0 Å². The highest BCUT2D eigenvalue weighted by atomic mass is 35.5. The van der Waals surface area contributed by atoms with E-state index >= 15 is 0 Å². The zero-order chi connectivity index (χ0) is 27.7. The molecule has 1 atom stereocenters. The number of sulfonamides is 1. The monoisotopic (exact) mass is 561 g/mol. The van der Waals surface area contributed by atoms with Crippen LogP contribution in [0.1, 0.15) is 40.0 Å². The molecule has 0 saturated carbocycles. The van der Waals surface area contributed by atoms with Crippen molar-refractivity contribution >= 4 is 44.4 Å². The van der Waals surface area contributed by atoms with Crippen LogP contribution in [-0.4, -0.2) is 84.1 Å². The van der Waals surface area contributed by atoms with Crippen molar-refractivity contribution in [1.82, 2.24) is 19.2 Å². The van der Waals surface area contributed by atoms with Gasteiger partial charge in [0.05, 0.1) is 24.1 Å². The van der Waals surface area contributed by atoms with Crippen LogP contribution in [0.2, 0.25) is 5.02 Å². The van der Waals surface area contributed by atoms with Crippen LogP contribution in [0.4, 0.5) is 4.79 Å². The molecule has 1 unspecified atom stereocenters. The molecule has 10 nitrogen and oxygen atoms in total. The van der Waals surface area contributed by atoms with Gasteiger partial charge in [-0.05, 0) is 75.1 Å². The number of amides is 2. The molecule has 38 heavy (non-hydrogen) atoms. The summed E-state index contributed by atoms with van der Waals surface area (Å²) in [6.07, 6.45) is 1.12. The van der Waals surface area contributed by atoms with Gasteiger partial charge in [0.15, 0.2) is 0 Å². The number of nitrogens with zero attached hydrogens (tertiary/aromatic N) is 5. The smallest absolute Gasteiger partial charge is 0.411 e. The van der Waals surface area contributed by atoms with Gasteiger partial charge < -0.3 is 4.74 Å². The Kier molecular flexibility index (Phi) is 8.18. The zero-order valence-electron chi connectivity index (χ0n) is 21.8. The average molecular weight is 562 g/mol. The van der Waals surface area contributed by atoms with Crippen molar-refractivity contribution < 1.29 is 22.7 Å². The minimum atomic E-state index is -3.94. The fraction of sp³-hybridized carbons (Fsp3) is 0.500. The zero-order valence-corrected chi connectivity index (χ0v) is 23.3. The Morgan fingerprint density at radius 3 is 2.53 bits per heavy atom. The molecule has 2 heterocycles. The first-order valence-corrected chi connectivity index (χ1v) is 14.4. The van der Waals surface area contributed by atoms with Gasteiger partial charge >= 0.3 is 6.09 Å². The number of likely N-dealkylation sites (tertiary alicyclic amines) is 1. The maximum Gasteiger partial charge on any atom is 0.411 e. The lowest BCUT2D eigenvalue weighted by Gasteiger charge is -2.47. The largest absolute Gasteiger partial charge is 0.444 e. The van der Waals surface area contributed by atoms with Gasteiger partial charge in [-0.1, -0.05) is 23.7 Å². The molecule has 12 heteroatoms. The molecule has 2 amide bonds. The third-order valence-electron chi connectivity index (χ3n) is 6.56. The van der Waals surface area contributed by atoms with Crippen molar-refractivity contribution in [2.45, 2.75) is 56.7 Å². The molecule has 0 spiro atoms. The van der Waals surface area contributed by atoms with Crippen LogP contribution in [0.5, 0.6) is 0 Å². The minimum Gasteiger partial charge on any atom is -0.444 e. The van der Waals surface area contributed by atoms with Gasteiger partial charge in [-0.25, -0.2) is 13.2 Å². The maximum absolute atomic E-state index is 13.4. The van der Waals surface area contributed by atoms with E-state index in [9.17, 15) is 23.3 Å². The summed E-state index contributed by atoms with van der Waals surface area (Å²) in [5.41, 5.74) is -0.691. The Morgan fingerprint density at radius 2 is 1.84 bits per heavy atom. The predicted molar refractivity (Wildman–Crippen MR) is 142 cm³/mol. The fourth-order valence-corrected chi connectivity index (χ4v) is 6.40. The summed E-state index contributed by atoms with van der Waals surface area (Å²) in [6, 6.07) is 12.1. The minimum absolute atomic E-state index is 0.0494. The fourth-order valence-electron chi connectivity index (χ4n) is 4.80. The van der Waals surface area contributed by atoms with Crippen molar-refractivity contribution in [2.75, 3.05) is 32.7 Å². The van der Waals surface area contributed by atoms with E-state index in [0.717, 1.165) is 27.9 Å². The van der Waals surface area contributed by atoms with E-state index < -0.39 is 33.8 Å². The Hall–Kier alpha value is -2.91. The highest BCUT2D eigenvalue weighted by Crippen LogP contribution is 2.28. The van der Waals surface area contributed by atoms with Crippen LogP contribution in [0.25, 0.3) is 10.8 Å². The van der Waals surface area contributed by atoms with Crippen molar-refractivity contribution in [3.63, 3.8) is 0 Å². The van der Waals surface area contributed by atoms with Crippen LogP contribution < -0.4 is 0 Å². The Morgan fingerprint density at radius 1 is 1.13 bits per heavy atom. The van der Waals surface area contributed by atoms with E-state index in [4.69, 9.17) is 16.3 Å². The van der Waals surface area contributed by atoms with E-state index in [1.54, 1.807) is 61.0 Å². The van der Waals surface area contributed by atoms with Crippen molar-refractivity contribution in [2.24, 2.45) is 0 Å². The van der Waals surface area contributed by atoms with Crippen LogP contribution in [0.3, 0.4) is 0 Å². The number of rotatable bonds is 5. The van der Waals surface area contributed by atoms with Crippen molar-refractivity contribution in [3.8, 4) is 6.07 Å². The second-order valence-corrected chi connectivity index (χ2v) is 12.8. The number of carbonyl (C=O) groups excluding carboxylic acids is 2. The van der Waals surface area contributed by atoms with Gasteiger partial charge in [-0.15, -0.1) is 0 Å². The summed E-state index contributed by atoms with van der Waals surface area (Å²) in [7, 11) is -3.94. The molecule has 2 fully saturated rings. The molecule has 2 saturated heterocycles. The molecule has 2 aromatic rings. The summed E-state index contributed by atoms with van der Waals surface area (Å²) in [6.45, 7) is 5.39. The normalized spacial score (nSPS) is 19.6. The summed E-state index contributed by atoms with van der Waals surface area (Å²) in [4.78, 5) is 27.9. The molecule has 0 aromatic heterocycles. The molecule has 2 aliphatic heterocycles. The number of fused-ring (bicyclic) bond motifs is 1. The van der Waals surface area contributed by atoms with Gasteiger partial charge in [0.25, 0.3) is 5.91 Å². The van der Waals surface area contributed by atoms with Crippen LogP contribution >= 0.6 is 11.6 Å². The van der Waals surface area contributed by atoms with E-state index in [0.29, 0.717) is 18.0 Å². The molecule has 0 aliphatic carbocycles.